The average molecular weight is 279 g/mol. The molecule has 0 bridgehead atoms. The molecule has 2 atom stereocenters. The van der Waals surface area contributed by atoms with Crippen LogP contribution >= 0.6 is 11.3 Å². The summed E-state index contributed by atoms with van der Waals surface area (Å²) in [6.07, 6.45) is 3.78. The second-order valence-electron chi connectivity index (χ2n) is 4.87. The number of hydrogen-bond acceptors (Lipinski definition) is 5. The minimum atomic E-state index is -0.0366. The zero-order valence-electron chi connectivity index (χ0n) is 11.8. The van der Waals surface area contributed by atoms with Gasteiger partial charge in [0.05, 0.1) is 16.9 Å². The maximum atomic E-state index is 6.15. The molecule has 2 aromatic rings. The number of thiazole rings is 1. The van der Waals surface area contributed by atoms with Crippen molar-refractivity contribution in [1.82, 2.24) is 20.1 Å². The van der Waals surface area contributed by atoms with E-state index in [2.05, 4.69) is 29.2 Å². The molecule has 2 rings (SSSR count). The van der Waals surface area contributed by atoms with Crippen molar-refractivity contribution in [1.29, 1.82) is 0 Å². The normalized spacial score (nSPS) is 14.6. The van der Waals surface area contributed by atoms with Crippen LogP contribution in [0.2, 0.25) is 0 Å². The highest BCUT2D eigenvalue weighted by atomic mass is 32.1. The van der Waals surface area contributed by atoms with E-state index in [0.29, 0.717) is 0 Å². The number of nitrogens with two attached hydrogens (primary N) is 1. The lowest BCUT2D eigenvalue weighted by Crippen LogP contribution is -2.28. The summed E-state index contributed by atoms with van der Waals surface area (Å²) in [6, 6.07) is 0.236. The van der Waals surface area contributed by atoms with Gasteiger partial charge in [-0.25, -0.2) is 4.98 Å². The van der Waals surface area contributed by atoms with Crippen LogP contribution in [0.5, 0.6) is 0 Å². The summed E-state index contributed by atoms with van der Waals surface area (Å²) in [4.78, 5) is 5.74. The molecule has 6 heteroatoms. The summed E-state index contributed by atoms with van der Waals surface area (Å²) in [7, 11) is 1.90. The fourth-order valence-electron chi connectivity index (χ4n) is 2.09. The zero-order chi connectivity index (χ0) is 14.0. The van der Waals surface area contributed by atoms with Gasteiger partial charge in [0.1, 0.15) is 0 Å². The minimum absolute atomic E-state index is 0.0366. The van der Waals surface area contributed by atoms with E-state index in [1.807, 2.05) is 26.4 Å². The third kappa shape index (κ3) is 3.40. The van der Waals surface area contributed by atoms with Crippen LogP contribution < -0.4 is 11.1 Å². The Kier molecular flexibility index (Phi) is 4.34. The van der Waals surface area contributed by atoms with Crippen LogP contribution in [0, 0.1) is 13.8 Å². The summed E-state index contributed by atoms with van der Waals surface area (Å²) in [6.45, 7) is 6.96. The van der Waals surface area contributed by atoms with Crippen molar-refractivity contribution >= 4 is 11.3 Å². The van der Waals surface area contributed by atoms with Crippen LogP contribution in [0.4, 0.5) is 0 Å². The minimum Gasteiger partial charge on any atom is -0.323 e. The first kappa shape index (κ1) is 14.2. The lowest BCUT2D eigenvalue weighted by molar-refractivity contribution is 0.530. The van der Waals surface area contributed by atoms with Crippen molar-refractivity contribution in [3.63, 3.8) is 0 Å². The summed E-state index contributed by atoms with van der Waals surface area (Å²) in [5.41, 5.74) is 8.31. The molecule has 0 amide bonds. The van der Waals surface area contributed by atoms with Gasteiger partial charge in [-0.05, 0) is 20.8 Å². The maximum Gasteiger partial charge on any atom is 0.0900 e. The molecule has 0 radical (unpaired) electrons. The van der Waals surface area contributed by atoms with Gasteiger partial charge < -0.3 is 11.1 Å². The van der Waals surface area contributed by atoms with Crippen molar-refractivity contribution in [3.8, 4) is 0 Å². The summed E-state index contributed by atoms with van der Waals surface area (Å²) >= 11 is 1.74. The highest BCUT2D eigenvalue weighted by Gasteiger charge is 2.14. The average Bonchev–Trinajstić information content (AvgIpc) is 2.92. The Morgan fingerprint density at radius 2 is 2.21 bits per heavy atom. The third-order valence-electron chi connectivity index (χ3n) is 3.13. The SMILES string of the molecule is Cc1nc(C)c(C(C)NCC(N)c2cnn(C)c2)s1. The van der Waals surface area contributed by atoms with E-state index >= 15 is 0 Å². The second kappa shape index (κ2) is 5.81. The van der Waals surface area contributed by atoms with Crippen LogP contribution in [0.1, 0.15) is 40.1 Å². The quantitative estimate of drug-likeness (QED) is 0.876. The molecule has 2 aromatic heterocycles. The van der Waals surface area contributed by atoms with E-state index in [4.69, 9.17) is 5.73 Å². The molecule has 0 aliphatic rings. The van der Waals surface area contributed by atoms with Gasteiger partial charge in [0.2, 0.25) is 0 Å². The summed E-state index contributed by atoms with van der Waals surface area (Å²) in [5, 5.41) is 8.72. The van der Waals surface area contributed by atoms with Gasteiger partial charge in [0, 0.05) is 42.3 Å². The van der Waals surface area contributed by atoms with Crippen LogP contribution in [0.3, 0.4) is 0 Å². The molecule has 0 aromatic carbocycles. The Morgan fingerprint density at radius 1 is 1.47 bits per heavy atom. The van der Waals surface area contributed by atoms with Crippen LogP contribution in [-0.4, -0.2) is 21.3 Å². The predicted octanol–water partition coefficient (Wildman–Crippen LogP) is 1.84. The monoisotopic (exact) mass is 279 g/mol. The van der Waals surface area contributed by atoms with Gasteiger partial charge in [-0.2, -0.15) is 5.10 Å². The highest BCUT2D eigenvalue weighted by molar-refractivity contribution is 7.11. The van der Waals surface area contributed by atoms with Crippen molar-refractivity contribution in [2.45, 2.75) is 32.9 Å². The number of nitrogens with zero attached hydrogens (tertiary/aromatic N) is 3. The first-order valence-electron chi connectivity index (χ1n) is 6.38. The molecular formula is C13H21N5S. The maximum absolute atomic E-state index is 6.15. The van der Waals surface area contributed by atoms with Crippen molar-refractivity contribution in [2.75, 3.05) is 6.54 Å². The highest BCUT2D eigenvalue weighted by Crippen LogP contribution is 2.24. The van der Waals surface area contributed by atoms with Crippen molar-refractivity contribution in [3.05, 3.63) is 33.5 Å². The lowest BCUT2D eigenvalue weighted by Gasteiger charge is -2.16. The number of aryl methyl sites for hydroxylation is 3. The Morgan fingerprint density at radius 3 is 2.74 bits per heavy atom. The fraction of sp³-hybridized carbons (Fsp3) is 0.538. The number of aromatic nitrogens is 3. The van der Waals surface area contributed by atoms with E-state index < -0.39 is 0 Å². The van der Waals surface area contributed by atoms with Crippen molar-refractivity contribution < 1.29 is 0 Å². The van der Waals surface area contributed by atoms with Crippen LogP contribution in [-0.2, 0) is 7.05 Å². The van der Waals surface area contributed by atoms with E-state index in [1.54, 1.807) is 16.0 Å². The van der Waals surface area contributed by atoms with Gasteiger partial charge >= 0.3 is 0 Å². The molecule has 0 aliphatic heterocycles. The Bertz CT molecular complexity index is 545. The molecule has 0 fully saturated rings. The smallest absolute Gasteiger partial charge is 0.0900 e. The Labute approximate surface area is 117 Å². The van der Waals surface area contributed by atoms with Crippen LogP contribution in [0.25, 0.3) is 0 Å². The first-order valence-corrected chi connectivity index (χ1v) is 7.20. The van der Waals surface area contributed by atoms with Gasteiger partial charge in [0.25, 0.3) is 0 Å². The molecule has 104 valence electrons. The fourth-order valence-corrected chi connectivity index (χ4v) is 3.05. The lowest BCUT2D eigenvalue weighted by atomic mass is 10.1. The molecule has 2 heterocycles. The molecule has 0 aliphatic carbocycles. The van der Waals surface area contributed by atoms with Gasteiger partial charge in [0.15, 0.2) is 0 Å². The summed E-state index contributed by atoms with van der Waals surface area (Å²) in [5.74, 6) is 0. The van der Waals surface area contributed by atoms with Gasteiger partial charge in [-0.15, -0.1) is 11.3 Å². The zero-order valence-corrected chi connectivity index (χ0v) is 12.7. The van der Waals surface area contributed by atoms with Crippen LogP contribution in [0.15, 0.2) is 12.4 Å². The number of rotatable bonds is 5. The number of nitrogens with one attached hydrogen (secondary N) is 1. The molecule has 0 spiro atoms. The largest absolute Gasteiger partial charge is 0.323 e. The van der Waals surface area contributed by atoms with E-state index in [1.165, 1.54) is 4.88 Å². The molecular weight excluding hydrogens is 258 g/mol. The molecule has 0 saturated heterocycles. The van der Waals surface area contributed by atoms with Crippen molar-refractivity contribution in [2.24, 2.45) is 12.8 Å². The standard InChI is InChI=1S/C13H21N5S/c1-8(13-9(2)17-10(3)19-13)15-6-12(14)11-5-16-18(4)7-11/h5,7-8,12,15H,6,14H2,1-4H3. The first-order chi connectivity index (χ1) is 8.97. The molecule has 19 heavy (non-hydrogen) atoms. The van der Waals surface area contributed by atoms with E-state index in [0.717, 1.165) is 22.8 Å². The summed E-state index contributed by atoms with van der Waals surface area (Å²) < 4.78 is 1.77. The van der Waals surface area contributed by atoms with E-state index in [9.17, 15) is 0 Å². The Balaban J connectivity index is 1.93. The molecule has 0 saturated carbocycles. The topological polar surface area (TPSA) is 68.8 Å². The van der Waals surface area contributed by atoms with Gasteiger partial charge in [-0.3, -0.25) is 4.68 Å². The molecule has 3 N–H and O–H groups in total. The molecule has 5 nitrogen and oxygen atoms in total. The molecule has 2 unspecified atom stereocenters. The Hall–Kier alpha value is -1.24. The van der Waals surface area contributed by atoms with Gasteiger partial charge in [-0.1, -0.05) is 0 Å². The second-order valence-corrected chi connectivity index (χ2v) is 6.10. The van der Waals surface area contributed by atoms with E-state index in [-0.39, 0.29) is 12.1 Å². The third-order valence-corrected chi connectivity index (χ3v) is 4.39. The predicted molar refractivity (Wildman–Crippen MR) is 78.1 cm³/mol. The number of hydrogen-bond donors (Lipinski definition) is 2.